The fourth-order valence-electron chi connectivity index (χ4n) is 4.14. The number of hydrogen-bond donors (Lipinski definition) is 2. The van der Waals surface area contributed by atoms with E-state index in [4.69, 9.17) is 4.98 Å². The van der Waals surface area contributed by atoms with Gasteiger partial charge < -0.3 is 10.2 Å². The largest absolute Gasteiger partial charge is 0.369 e. The Labute approximate surface area is 165 Å². The quantitative estimate of drug-likeness (QED) is 0.641. The zero-order valence-electron chi connectivity index (χ0n) is 16.9. The van der Waals surface area contributed by atoms with Gasteiger partial charge in [0.05, 0.1) is 30.9 Å². The molecule has 0 amide bonds. The number of anilines is 1. The number of fused-ring (bicyclic) bond motifs is 5. The Bertz CT molecular complexity index is 960. The van der Waals surface area contributed by atoms with Crippen LogP contribution < -0.4 is 10.2 Å². The van der Waals surface area contributed by atoms with Crippen molar-refractivity contribution in [2.24, 2.45) is 0 Å². The third-order valence-corrected chi connectivity index (χ3v) is 6.53. The number of thiophene rings is 1. The SMILES string of the molecule is CC(C)c1nc2sc3c(NCCC[NH+](C)C)ncnc3c2c2c1CCCC2. The summed E-state index contributed by atoms with van der Waals surface area (Å²) in [6, 6.07) is 0. The molecule has 1 aliphatic rings. The number of quaternary nitrogens is 1. The summed E-state index contributed by atoms with van der Waals surface area (Å²) in [5, 5.41) is 4.83. The molecular weight excluding hydrogens is 354 g/mol. The zero-order valence-corrected chi connectivity index (χ0v) is 17.7. The number of hydrogen-bond acceptors (Lipinski definition) is 5. The normalized spacial score (nSPS) is 14.4. The van der Waals surface area contributed by atoms with Gasteiger partial charge in [0.1, 0.15) is 17.0 Å². The summed E-state index contributed by atoms with van der Waals surface area (Å²) in [5.74, 6) is 1.43. The highest BCUT2D eigenvalue weighted by atomic mass is 32.1. The summed E-state index contributed by atoms with van der Waals surface area (Å²) in [7, 11) is 4.38. The smallest absolute Gasteiger partial charge is 0.147 e. The van der Waals surface area contributed by atoms with E-state index in [-0.39, 0.29) is 0 Å². The van der Waals surface area contributed by atoms with E-state index >= 15 is 0 Å². The van der Waals surface area contributed by atoms with Gasteiger partial charge in [-0.25, -0.2) is 15.0 Å². The number of rotatable bonds is 6. The van der Waals surface area contributed by atoms with Crippen LogP contribution in [0.15, 0.2) is 6.33 Å². The molecule has 3 aromatic heterocycles. The van der Waals surface area contributed by atoms with Crippen molar-refractivity contribution in [3.05, 3.63) is 23.1 Å². The van der Waals surface area contributed by atoms with Gasteiger partial charge in [0.25, 0.3) is 0 Å². The maximum Gasteiger partial charge on any atom is 0.147 e. The second-order valence-corrected chi connectivity index (χ2v) is 9.23. The van der Waals surface area contributed by atoms with Gasteiger partial charge in [0.2, 0.25) is 0 Å². The van der Waals surface area contributed by atoms with Gasteiger partial charge >= 0.3 is 0 Å². The monoisotopic (exact) mass is 384 g/mol. The predicted molar refractivity (Wildman–Crippen MR) is 114 cm³/mol. The third-order valence-electron chi connectivity index (χ3n) is 5.45. The molecular formula is C21H30N5S+. The van der Waals surface area contributed by atoms with E-state index in [0.29, 0.717) is 5.92 Å². The van der Waals surface area contributed by atoms with Gasteiger partial charge in [0, 0.05) is 24.0 Å². The lowest BCUT2D eigenvalue weighted by molar-refractivity contribution is -0.858. The topological polar surface area (TPSA) is 55.1 Å². The average molecular weight is 385 g/mol. The summed E-state index contributed by atoms with van der Waals surface area (Å²) in [6.45, 7) is 6.61. The number of pyridine rings is 1. The number of nitrogens with one attached hydrogen (secondary N) is 2. The number of aryl methyl sites for hydroxylation is 1. The molecule has 3 aromatic rings. The standard InChI is InChI=1S/C21H29N5S/c1-13(2)17-15-9-6-5-8-14(15)16-18-19(27-21(16)25-17)20(24-12-23-18)22-10-7-11-26(3)4/h12-13H,5-11H2,1-4H3,(H,22,23,24)/p+1. The second-order valence-electron chi connectivity index (χ2n) is 8.24. The van der Waals surface area contributed by atoms with E-state index in [1.165, 1.54) is 39.9 Å². The van der Waals surface area contributed by atoms with Crippen molar-refractivity contribution in [3.63, 3.8) is 0 Å². The fourth-order valence-corrected chi connectivity index (χ4v) is 5.27. The van der Waals surface area contributed by atoms with Crippen LogP contribution in [0.5, 0.6) is 0 Å². The Morgan fingerprint density at radius 3 is 2.67 bits per heavy atom. The van der Waals surface area contributed by atoms with Crippen molar-refractivity contribution in [1.29, 1.82) is 0 Å². The summed E-state index contributed by atoms with van der Waals surface area (Å²) >= 11 is 1.75. The maximum absolute atomic E-state index is 5.11. The number of aromatic nitrogens is 3. The first kappa shape index (κ1) is 18.6. The molecule has 1 aliphatic carbocycles. The Morgan fingerprint density at radius 1 is 1.15 bits per heavy atom. The maximum atomic E-state index is 5.11. The van der Waals surface area contributed by atoms with Crippen molar-refractivity contribution in [3.8, 4) is 0 Å². The molecule has 6 heteroatoms. The first-order chi connectivity index (χ1) is 13.1. The highest BCUT2D eigenvalue weighted by Crippen LogP contribution is 2.41. The Hall–Kier alpha value is -1.79. The summed E-state index contributed by atoms with van der Waals surface area (Å²) in [4.78, 5) is 16.9. The summed E-state index contributed by atoms with van der Waals surface area (Å²) in [6.07, 6.45) is 7.69. The molecule has 0 aromatic carbocycles. The van der Waals surface area contributed by atoms with Crippen LogP contribution >= 0.6 is 11.3 Å². The minimum absolute atomic E-state index is 0.462. The molecule has 0 aliphatic heterocycles. The van der Waals surface area contributed by atoms with Crippen molar-refractivity contribution in [2.45, 2.75) is 51.9 Å². The number of nitrogens with zero attached hydrogens (tertiary/aromatic N) is 3. The van der Waals surface area contributed by atoms with E-state index in [9.17, 15) is 0 Å². The molecule has 27 heavy (non-hydrogen) atoms. The minimum Gasteiger partial charge on any atom is -0.369 e. The molecule has 144 valence electrons. The van der Waals surface area contributed by atoms with E-state index < -0.39 is 0 Å². The van der Waals surface area contributed by atoms with E-state index in [0.717, 1.165) is 53.2 Å². The molecule has 5 nitrogen and oxygen atoms in total. The van der Waals surface area contributed by atoms with Gasteiger partial charge in [-0.1, -0.05) is 13.8 Å². The second kappa shape index (κ2) is 7.68. The molecule has 4 rings (SSSR count). The van der Waals surface area contributed by atoms with E-state index in [1.807, 2.05) is 0 Å². The van der Waals surface area contributed by atoms with Gasteiger partial charge in [-0.2, -0.15) is 0 Å². The third kappa shape index (κ3) is 3.52. The Morgan fingerprint density at radius 2 is 1.93 bits per heavy atom. The van der Waals surface area contributed by atoms with Crippen molar-refractivity contribution in [1.82, 2.24) is 15.0 Å². The van der Waals surface area contributed by atoms with Crippen LogP contribution in [0.2, 0.25) is 0 Å². The predicted octanol–water partition coefficient (Wildman–Crippen LogP) is 3.19. The molecule has 0 spiro atoms. The lowest BCUT2D eigenvalue weighted by Crippen LogP contribution is -3.05. The van der Waals surface area contributed by atoms with E-state index in [1.54, 1.807) is 17.7 Å². The molecule has 0 fully saturated rings. The molecule has 0 saturated heterocycles. The lowest BCUT2D eigenvalue weighted by Gasteiger charge is -2.21. The average Bonchev–Trinajstić information content (AvgIpc) is 3.03. The summed E-state index contributed by atoms with van der Waals surface area (Å²) < 4.78 is 1.16. The molecule has 0 bridgehead atoms. The molecule has 2 N–H and O–H groups in total. The minimum atomic E-state index is 0.462. The Balaban J connectivity index is 1.80. The van der Waals surface area contributed by atoms with Crippen molar-refractivity contribution >= 4 is 37.6 Å². The molecule has 0 radical (unpaired) electrons. The molecule has 0 atom stereocenters. The fraction of sp³-hybridized carbons (Fsp3) is 0.571. The van der Waals surface area contributed by atoms with Crippen LogP contribution in [0.25, 0.3) is 20.4 Å². The molecule has 0 unspecified atom stereocenters. The van der Waals surface area contributed by atoms with Crippen LogP contribution in [0.1, 0.15) is 55.8 Å². The van der Waals surface area contributed by atoms with Crippen LogP contribution in [0.3, 0.4) is 0 Å². The van der Waals surface area contributed by atoms with E-state index in [2.05, 4.69) is 43.2 Å². The van der Waals surface area contributed by atoms with Crippen LogP contribution in [0.4, 0.5) is 5.82 Å². The first-order valence-electron chi connectivity index (χ1n) is 10.2. The van der Waals surface area contributed by atoms with Gasteiger partial charge in [0.15, 0.2) is 0 Å². The van der Waals surface area contributed by atoms with Crippen LogP contribution in [-0.2, 0) is 12.8 Å². The van der Waals surface area contributed by atoms with Gasteiger partial charge in [-0.15, -0.1) is 11.3 Å². The van der Waals surface area contributed by atoms with Gasteiger partial charge in [-0.3, -0.25) is 0 Å². The highest BCUT2D eigenvalue weighted by molar-refractivity contribution is 7.26. The van der Waals surface area contributed by atoms with Gasteiger partial charge in [-0.05, 0) is 42.7 Å². The first-order valence-corrected chi connectivity index (χ1v) is 11.0. The van der Waals surface area contributed by atoms with Crippen molar-refractivity contribution < 1.29 is 4.90 Å². The molecule has 0 saturated carbocycles. The summed E-state index contributed by atoms with van der Waals surface area (Å²) in [5.41, 5.74) is 5.37. The zero-order chi connectivity index (χ0) is 19.0. The van der Waals surface area contributed by atoms with Crippen LogP contribution in [-0.4, -0.2) is 42.1 Å². The lowest BCUT2D eigenvalue weighted by atomic mass is 9.86. The van der Waals surface area contributed by atoms with Crippen LogP contribution in [0, 0.1) is 0 Å². The Kier molecular flexibility index (Phi) is 5.28. The van der Waals surface area contributed by atoms with Crippen molar-refractivity contribution in [2.75, 3.05) is 32.5 Å². The highest BCUT2D eigenvalue weighted by Gasteiger charge is 2.24. The molecule has 3 heterocycles.